The first-order valence-electron chi connectivity index (χ1n) is 5.59. The average molecular weight is 311 g/mol. The molecule has 0 fully saturated rings. The van der Waals surface area contributed by atoms with E-state index in [1.807, 2.05) is 0 Å². The van der Waals surface area contributed by atoms with Crippen LogP contribution in [-0.2, 0) is 0 Å². The molecule has 0 aliphatic carbocycles. The Labute approximate surface area is 107 Å². The quantitative estimate of drug-likeness (QED) is 0.359. The van der Waals surface area contributed by atoms with Crippen LogP contribution in [-0.4, -0.2) is 30.7 Å². The van der Waals surface area contributed by atoms with E-state index in [1.54, 1.807) is 0 Å². The third-order valence-corrected chi connectivity index (χ3v) is 2.93. The molecule has 0 aliphatic heterocycles. The van der Waals surface area contributed by atoms with Crippen molar-refractivity contribution in [3.8, 4) is 0 Å². The average Bonchev–Trinajstić information content (AvgIpc) is 2.12. The molecule has 0 aliphatic rings. The number of unbranched alkanes of at least 4 members (excludes halogenated alkanes) is 1. The number of halogens is 1. The van der Waals surface area contributed by atoms with Crippen molar-refractivity contribution in [3.05, 3.63) is 12.2 Å². The second kappa shape index (κ2) is 8.72. The maximum Gasteiger partial charge on any atom is 0.0997 e. The topological polar surface area (TPSA) is 0 Å². The first kappa shape index (κ1) is 16.8. The lowest BCUT2D eigenvalue weighted by atomic mass is 10.2. The fourth-order valence-corrected chi connectivity index (χ4v) is 1.91. The molecule has 0 saturated carbocycles. The minimum atomic E-state index is 0. The summed E-state index contributed by atoms with van der Waals surface area (Å²) in [7, 11) is 0. The highest BCUT2D eigenvalue weighted by molar-refractivity contribution is 4.87. The van der Waals surface area contributed by atoms with Gasteiger partial charge in [-0.1, -0.05) is 19.9 Å². The number of nitrogens with zero attached hydrogens (tertiary/aromatic N) is 1. The van der Waals surface area contributed by atoms with E-state index in [0.717, 1.165) is 6.54 Å². The van der Waals surface area contributed by atoms with Gasteiger partial charge in [0.15, 0.2) is 0 Å². The van der Waals surface area contributed by atoms with E-state index in [0.29, 0.717) is 0 Å². The fourth-order valence-electron chi connectivity index (χ4n) is 1.91. The predicted octanol–water partition coefficient (Wildman–Crippen LogP) is 0.223. The zero-order valence-corrected chi connectivity index (χ0v) is 12.4. The summed E-state index contributed by atoms with van der Waals surface area (Å²) in [4.78, 5) is 0. The second-order valence-electron chi connectivity index (χ2n) is 4.17. The van der Waals surface area contributed by atoms with Crippen LogP contribution in [0.3, 0.4) is 0 Å². The van der Waals surface area contributed by atoms with Gasteiger partial charge in [-0.25, -0.2) is 0 Å². The number of rotatable bonds is 7. The van der Waals surface area contributed by atoms with Gasteiger partial charge in [-0.2, -0.15) is 0 Å². The van der Waals surface area contributed by atoms with Gasteiger partial charge in [-0.15, -0.1) is 0 Å². The number of likely N-dealkylation sites (N-methyl/N-ethyl adjacent to an activating group) is 1. The molecule has 0 aromatic rings. The Balaban J connectivity index is 0. The molecule has 0 atom stereocenters. The Morgan fingerprint density at radius 3 is 1.93 bits per heavy atom. The molecule has 0 bridgehead atoms. The van der Waals surface area contributed by atoms with E-state index in [-0.39, 0.29) is 24.0 Å². The van der Waals surface area contributed by atoms with Crippen molar-refractivity contribution in [1.82, 2.24) is 0 Å². The Hall–Kier alpha value is 0.430. The van der Waals surface area contributed by atoms with Crippen molar-refractivity contribution in [2.45, 2.75) is 40.5 Å². The van der Waals surface area contributed by atoms with Gasteiger partial charge in [-0.3, -0.25) is 0 Å². The molecule has 0 radical (unpaired) electrons. The molecule has 0 aromatic heterocycles. The van der Waals surface area contributed by atoms with Crippen LogP contribution >= 0.6 is 0 Å². The zero-order chi connectivity index (χ0) is 10.3. The van der Waals surface area contributed by atoms with Gasteiger partial charge in [0.2, 0.25) is 0 Å². The lowest BCUT2D eigenvalue weighted by molar-refractivity contribution is -0.920. The van der Waals surface area contributed by atoms with Crippen molar-refractivity contribution >= 4 is 0 Å². The van der Waals surface area contributed by atoms with Crippen LogP contribution < -0.4 is 24.0 Å². The maximum absolute atomic E-state index is 4.03. The van der Waals surface area contributed by atoms with Crippen LogP contribution in [0.4, 0.5) is 0 Å². The molecule has 0 heterocycles. The largest absolute Gasteiger partial charge is 1.00 e. The third kappa shape index (κ3) is 6.02. The first-order valence-corrected chi connectivity index (χ1v) is 5.59. The Bertz CT molecular complexity index is 150. The Morgan fingerprint density at radius 1 is 1.14 bits per heavy atom. The predicted molar refractivity (Wildman–Crippen MR) is 60.8 cm³/mol. The van der Waals surface area contributed by atoms with Crippen molar-refractivity contribution in [2.24, 2.45) is 0 Å². The number of quaternary nitrogens is 1. The highest BCUT2D eigenvalue weighted by Gasteiger charge is 2.21. The maximum atomic E-state index is 4.03. The van der Waals surface area contributed by atoms with Crippen molar-refractivity contribution in [2.75, 3.05) is 26.2 Å². The summed E-state index contributed by atoms with van der Waals surface area (Å²) in [6.45, 7) is 18.0. The van der Waals surface area contributed by atoms with E-state index >= 15 is 0 Å². The molecule has 2 heteroatoms. The van der Waals surface area contributed by atoms with Crippen molar-refractivity contribution in [1.29, 1.82) is 0 Å². The SMILES string of the molecule is C=C(C)C[N+](CC)(CC)CCCC.[I-]. The number of hydrogen-bond donors (Lipinski definition) is 0. The van der Waals surface area contributed by atoms with Crippen LogP contribution in [0.5, 0.6) is 0 Å². The molecule has 0 amide bonds. The van der Waals surface area contributed by atoms with Crippen LogP contribution in [0.1, 0.15) is 40.5 Å². The minimum Gasteiger partial charge on any atom is -1.00 e. The van der Waals surface area contributed by atoms with E-state index in [4.69, 9.17) is 0 Å². The van der Waals surface area contributed by atoms with E-state index in [9.17, 15) is 0 Å². The van der Waals surface area contributed by atoms with E-state index in [2.05, 4.69) is 34.3 Å². The smallest absolute Gasteiger partial charge is 0.0997 e. The molecule has 0 aromatic carbocycles. The van der Waals surface area contributed by atoms with Gasteiger partial charge < -0.3 is 28.5 Å². The lowest BCUT2D eigenvalue weighted by Gasteiger charge is -2.37. The van der Waals surface area contributed by atoms with Gasteiger partial charge >= 0.3 is 0 Å². The number of hydrogen-bond acceptors (Lipinski definition) is 0. The van der Waals surface area contributed by atoms with Gasteiger partial charge in [0.05, 0.1) is 26.2 Å². The first-order chi connectivity index (χ1) is 6.10. The van der Waals surface area contributed by atoms with Gasteiger partial charge in [0.25, 0.3) is 0 Å². The molecule has 14 heavy (non-hydrogen) atoms. The molecule has 1 nitrogen and oxygen atoms in total. The van der Waals surface area contributed by atoms with Crippen LogP contribution in [0.25, 0.3) is 0 Å². The van der Waals surface area contributed by atoms with Gasteiger partial charge in [-0.05, 0) is 32.8 Å². The summed E-state index contributed by atoms with van der Waals surface area (Å²) in [6, 6.07) is 0. The Kier molecular flexibility index (Phi) is 10.5. The fraction of sp³-hybridized carbons (Fsp3) is 0.833. The summed E-state index contributed by atoms with van der Waals surface area (Å²) in [5.41, 5.74) is 1.32. The molecule has 0 rings (SSSR count). The molecular formula is C12H26IN. The summed E-state index contributed by atoms with van der Waals surface area (Å²) >= 11 is 0. The van der Waals surface area contributed by atoms with Gasteiger partial charge in [0, 0.05) is 0 Å². The molecule has 0 N–H and O–H groups in total. The van der Waals surface area contributed by atoms with Crippen LogP contribution in [0, 0.1) is 0 Å². The van der Waals surface area contributed by atoms with Crippen LogP contribution in [0.15, 0.2) is 12.2 Å². The molecule has 0 spiro atoms. The second-order valence-corrected chi connectivity index (χ2v) is 4.17. The minimum absolute atomic E-state index is 0. The van der Waals surface area contributed by atoms with Crippen LogP contribution in [0.2, 0.25) is 0 Å². The zero-order valence-electron chi connectivity index (χ0n) is 10.3. The molecule has 86 valence electrons. The van der Waals surface area contributed by atoms with Crippen molar-refractivity contribution < 1.29 is 28.5 Å². The monoisotopic (exact) mass is 311 g/mol. The van der Waals surface area contributed by atoms with Crippen molar-refractivity contribution in [3.63, 3.8) is 0 Å². The highest BCUT2D eigenvalue weighted by Crippen LogP contribution is 2.11. The lowest BCUT2D eigenvalue weighted by Crippen LogP contribution is -3.00. The van der Waals surface area contributed by atoms with Gasteiger partial charge in [0.1, 0.15) is 0 Å². The Morgan fingerprint density at radius 2 is 1.64 bits per heavy atom. The van der Waals surface area contributed by atoms with E-state index < -0.39 is 0 Å². The molecular weight excluding hydrogens is 285 g/mol. The highest BCUT2D eigenvalue weighted by atomic mass is 127. The molecule has 0 saturated heterocycles. The normalized spacial score (nSPS) is 10.9. The standard InChI is InChI=1S/C12H26N.HI/c1-6-9-10-13(7-2,8-3)11-12(4)5;/h4,6-11H2,1-3,5H3;1H/q+1;/p-1. The summed E-state index contributed by atoms with van der Waals surface area (Å²) in [6.07, 6.45) is 2.64. The summed E-state index contributed by atoms with van der Waals surface area (Å²) < 4.78 is 1.23. The molecule has 0 unspecified atom stereocenters. The summed E-state index contributed by atoms with van der Waals surface area (Å²) in [5, 5.41) is 0. The summed E-state index contributed by atoms with van der Waals surface area (Å²) in [5.74, 6) is 0. The van der Waals surface area contributed by atoms with E-state index in [1.165, 1.54) is 42.5 Å². The third-order valence-electron chi connectivity index (χ3n) is 2.93.